The first kappa shape index (κ1) is 27.9. The number of aromatic nitrogens is 1. The molecule has 4 rings (SSSR count). The summed E-state index contributed by atoms with van der Waals surface area (Å²) in [6.07, 6.45) is 6.99. The van der Waals surface area contributed by atoms with Crippen molar-refractivity contribution in [3.05, 3.63) is 42.1 Å². The predicted molar refractivity (Wildman–Crippen MR) is 141 cm³/mol. The number of carbonyl (C=O) groups excluding carboxylic acids is 1. The lowest BCUT2D eigenvalue weighted by Crippen LogP contribution is -2.45. The monoisotopic (exact) mass is 528 g/mol. The Labute approximate surface area is 224 Å². The lowest BCUT2D eigenvalue weighted by atomic mass is 9.83. The summed E-state index contributed by atoms with van der Waals surface area (Å²) in [5.74, 6) is 0.0699. The van der Waals surface area contributed by atoms with Crippen LogP contribution in [0.1, 0.15) is 50.0 Å². The molecule has 3 atom stereocenters. The summed E-state index contributed by atoms with van der Waals surface area (Å²) in [6, 6.07) is 5.30. The highest BCUT2D eigenvalue weighted by atomic mass is 16.7. The van der Waals surface area contributed by atoms with Gasteiger partial charge in [0.15, 0.2) is 17.4 Å². The number of carboxylic acid groups (broad SMARTS) is 1. The van der Waals surface area contributed by atoms with E-state index in [2.05, 4.69) is 21.7 Å². The van der Waals surface area contributed by atoms with Crippen LogP contribution >= 0.6 is 0 Å². The number of nitrogens with zero attached hydrogens (tertiary/aromatic N) is 4. The fourth-order valence-electron chi connectivity index (χ4n) is 5.54. The van der Waals surface area contributed by atoms with Crippen molar-refractivity contribution in [2.24, 2.45) is 5.92 Å². The Morgan fingerprint density at radius 1 is 1.13 bits per heavy atom. The summed E-state index contributed by atoms with van der Waals surface area (Å²) in [4.78, 5) is 36.6. The van der Waals surface area contributed by atoms with Crippen molar-refractivity contribution in [3.63, 3.8) is 0 Å². The Morgan fingerprint density at radius 2 is 1.92 bits per heavy atom. The molecule has 0 bridgehead atoms. The number of ether oxygens (including phenoxy) is 2. The minimum atomic E-state index is -0.867. The number of benzene rings is 1. The molecule has 10 heteroatoms. The van der Waals surface area contributed by atoms with Gasteiger partial charge in [-0.2, -0.15) is 0 Å². The van der Waals surface area contributed by atoms with E-state index in [9.17, 15) is 14.7 Å². The molecule has 0 radical (unpaired) electrons. The SMILES string of the molecule is CCCCN(CCCN(C)C)C(=O)CN1CC(c2ccc3c(c2)OCO3)C(C(=O)O)C1CCc1ncco1. The van der Waals surface area contributed by atoms with E-state index in [1.807, 2.05) is 37.2 Å². The summed E-state index contributed by atoms with van der Waals surface area (Å²) in [6.45, 7) is 5.25. The molecule has 1 saturated heterocycles. The largest absolute Gasteiger partial charge is 0.481 e. The average Bonchev–Trinajstić information content (AvgIpc) is 3.64. The van der Waals surface area contributed by atoms with Crippen LogP contribution in [0.15, 0.2) is 35.1 Å². The van der Waals surface area contributed by atoms with Crippen molar-refractivity contribution in [1.29, 1.82) is 0 Å². The number of aryl methyl sites for hydroxylation is 1. The third-order valence-corrected chi connectivity index (χ3v) is 7.50. The van der Waals surface area contributed by atoms with E-state index in [0.29, 0.717) is 49.9 Å². The second-order valence-electron chi connectivity index (χ2n) is 10.4. The highest BCUT2D eigenvalue weighted by Gasteiger charge is 2.47. The van der Waals surface area contributed by atoms with Gasteiger partial charge in [0.05, 0.1) is 18.7 Å². The second-order valence-corrected chi connectivity index (χ2v) is 10.4. The smallest absolute Gasteiger partial charge is 0.308 e. The van der Waals surface area contributed by atoms with Crippen molar-refractivity contribution >= 4 is 11.9 Å². The van der Waals surface area contributed by atoms with Gasteiger partial charge in [-0.05, 0) is 57.6 Å². The molecule has 0 aliphatic carbocycles. The van der Waals surface area contributed by atoms with E-state index in [0.717, 1.165) is 31.4 Å². The maximum absolute atomic E-state index is 13.6. The molecule has 2 aromatic rings. The zero-order valence-electron chi connectivity index (χ0n) is 22.7. The number of rotatable bonds is 14. The van der Waals surface area contributed by atoms with E-state index < -0.39 is 11.9 Å². The number of unbranched alkanes of at least 4 members (excludes halogenated alkanes) is 1. The summed E-state index contributed by atoms with van der Waals surface area (Å²) in [5.41, 5.74) is 0.881. The minimum absolute atomic E-state index is 0.0498. The Morgan fingerprint density at radius 3 is 2.63 bits per heavy atom. The molecule has 2 aliphatic rings. The maximum atomic E-state index is 13.6. The molecule has 38 heavy (non-hydrogen) atoms. The number of fused-ring (bicyclic) bond motifs is 1. The Hall–Kier alpha value is -3.11. The number of carbonyl (C=O) groups is 2. The average molecular weight is 529 g/mol. The molecule has 3 unspecified atom stereocenters. The molecule has 2 aliphatic heterocycles. The van der Waals surface area contributed by atoms with Crippen molar-refractivity contribution in [2.45, 2.75) is 51.0 Å². The fraction of sp³-hybridized carbons (Fsp3) is 0.607. The molecule has 1 fully saturated rings. The summed E-state index contributed by atoms with van der Waals surface area (Å²) in [5, 5.41) is 10.4. The lowest BCUT2D eigenvalue weighted by Gasteiger charge is -2.30. The lowest BCUT2D eigenvalue weighted by molar-refractivity contribution is -0.143. The van der Waals surface area contributed by atoms with Crippen LogP contribution in [0.5, 0.6) is 11.5 Å². The van der Waals surface area contributed by atoms with Crippen LogP contribution in [-0.2, 0) is 16.0 Å². The van der Waals surface area contributed by atoms with Gasteiger partial charge in [-0.3, -0.25) is 14.5 Å². The Kier molecular flexibility index (Phi) is 9.63. The molecule has 0 saturated carbocycles. The topological polar surface area (TPSA) is 109 Å². The molecule has 1 N–H and O–H groups in total. The molecule has 208 valence electrons. The van der Waals surface area contributed by atoms with Gasteiger partial charge in [-0.25, -0.2) is 4.98 Å². The standard InChI is InChI=1S/C28H40N4O6/c1-4-5-13-31(14-6-12-30(2)3)26(33)18-32-17-21(20-7-9-23-24(16-20)38-19-37-23)27(28(34)35)22(32)8-10-25-29-11-15-36-25/h7,9,11,15-16,21-22,27H,4-6,8,10,12-14,17-19H2,1-3H3,(H,34,35). The molecule has 10 nitrogen and oxygen atoms in total. The van der Waals surface area contributed by atoms with Gasteiger partial charge in [-0.1, -0.05) is 19.4 Å². The van der Waals surface area contributed by atoms with Gasteiger partial charge in [0.1, 0.15) is 6.26 Å². The quantitative estimate of drug-likeness (QED) is 0.396. The number of oxazole rings is 1. The van der Waals surface area contributed by atoms with Crippen molar-refractivity contribution in [2.75, 3.05) is 53.6 Å². The van der Waals surface area contributed by atoms with Crippen molar-refractivity contribution in [1.82, 2.24) is 19.7 Å². The van der Waals surface area contributed by atoms with Crippen molar-refractivity contribution < 1.29 is 28.6 Å². The van der Waals surface area contributed by atoms with Crippen molar-refractivity contribution in [3.8, 4) is 11.5 Å². The highest BCUT2D eigenvalue weighted by molar-refractivity contribution is 5.79. The van der Waals surface area contributed by atoms with Gasteiger partial charge in [-0.15, -0.1) is 0 Å². The number of hydrogen-bond acceptors (Lipinski definition) is 8. The molecule has 1 aromatic heterocycles. The zero-order valence-corrected chi connectivity index (χ0v) is 22.7. The van der Waals surface area contributed by atoms with Crippen LogP contribution < -0.4 is 9.47 Å². The number of aliphatic carboxylic acids is 1. The number of hydrogen-bond donors (Lipinski definition) is 1. The van der Waals surface area contributed by atoms with Crippen LogP contribution in [0, 0.1) is 5.92 Å². The van der Waals surface area contributed by atoms with E-state index in [4.69, 9.17) is 13.9 Å². The van der Waals surface area contributed by atoms with E-state index in [1.165, 1.54) is 6.26 Å². The van der Waals surface area contributed by atoms with Gasteiger partial charge < -0.3 is 28.8 Å². The third kappa shape index (κ3) is 6.85. The van der Waals surface area contributed by atoms with Gasteiger partial charge in [0.25, 0.3) is 0 Å². The van der Waals surface area contributed by atoms with E-state index in [1.54, 1.807) is 6.20 Å². The Bertz CT molecular complexity index is 1060. The first-order chi connectivity index (χ1) is 18.4. The van der Waals surface area contributed by atoms with Crippen LogP contribution in [0.2, 0.25) is 0 Å². The Balaban J connectivity index is 1.55. The molecular formula is C28H40N4O6. The first-order valence-corrected chi connectivity index (χ1v) is 13.5. The summed E-state index contributed by atoms with van der Waals surface area (Å²) >= 11 is 0. The summed E-state index contributed by atoms with van der Waals surface area (Å²) < 4.78 is 16.4. The maximum Gasteiger partial charge on any atom is 0.308 e. The third-order valence-electron chi connectivity index (χ3n) is 7.50. The van der Waals surface area contributed by atoms with Gasteiger partial charge >= 0.3 is 5.97 Å². The highest BCUT2D eigenvalue weighted by Crippen LogP contribution is 2.43. The zero-order chi connectivity index (χ0) is 27.1. The summed E-state index contributed by atoms with van der Waals surface area (Å²) in [7, 11) is 4.06. The van der Waals surface area contributed by atoms with Crippen LogP contribution in [0.4, 0.5) is 0 Å². The minimum Gasteiger partial charge on any atom is -0.481 e. The fourth-order valence-corrected chi connectivity index (χ4v) is 5.54. The number of amides is 1. The van der Waals surface area contributed by atoms with E-state index in [-0.39, 0.29) is 31.2 Å². The molecule has 1 aromatic carbocycles. The second kappa shape index (κ2) is 13.1. The number of likely N-dealkylation sites (tertiary alicyclic amines) is 1. The van der Waals surface area contributed by atoms with Crippen LogP contribution in [0.3, 0.4) is 0 Å². The molecule has 3 heterocycles. The van der Waals surface area contributed by atoms with Crippen LogP contribution in [-0.4, -0.2) is 96.3 Å². The molecular weight excluding hydrogens is 488 g/mol. The predicted octanol–water partition coefficient (Wildman–Crippen LogP) is 3.09. The molecule has 1 amide bonds. The van der Waals surface area contributed by atoms with Crippen LogP contribution in [0.25, 0.3) is 0 Å². The molecule has 0 spiro atoms. The van der Waals surface area contributed by atoms with Gasteiger partial charge in [0, 0.05) is 38.0 Å². The first-order valence-electron chi connectivity index (χ1n) is 13.5. The van der Waals surface area contributed by atoms with E-state index >= 15 is 0 Å². The normalized spacial score (nSPS) is 20.8. The van der Waals surface area contributed by atoms with Gasteiger partial charge in [0.2, 0.25) is 12.7 Å². The number of carboxylic acids is 1.